The average Bonchev–Trinajstić information content (AvgIpc) is 3.27. The van der Waals surface area contributed by atoms with Gasteiger partial charge in [-0.05, 0) is 49.4 Å². The summed E-state index contributed by atoms with van der Waals surface area (Å²) in [7, 11) is 0. The van der Waals surface area contributed by atoms with Crippen molar-refractivity contribution in [3.8, 4) is 5.69 Å². The standard InChI is InChI=1S/C21H24Cl2N6O/c1-15(9-11-24-19-8-7-16(22)14-26-19)4-3-10-25-21(30)20-17(23)5-2-6-18(20)29-27-12-13-28-29/h2,5-8,12-15H,3-4,9-11H2,1H3,(H,24,26)(H,25,30). The lowest BCUT2D eigenvalue weighted by molar-refractivity contribution is 0.0952. The highest BCUT2D eigenvalue weighted by Crippen LogP contribution is 2.22. The molecule has 0 aliphatic carbocycles. The summed E-state index contributed by atoms with van der Waals surface area (Å²) in [6, 6.07) is 8.91. The molecule has 30 heavy (non-hydrogen) atoms. The maximum atomic E-state index is 12.7. The summed E-state index contributed by atoms with van der Waals surface area (Å²) in [5.74, 6) is 1.11. The van der Waals surface area contributed by atoms with Gasteiger partial charge in [0.1, 0.15) is 5.82 Å². The third kappa shape index (κ3) is 6.18. The first-order valence-electron chi connectivity index (χ1n) is 9.83. The van der Waals surface area contributed by atoms with Gasteiger partial charge in [-0.25, -0.2) is 4.98 Å². The first-order valence-corrected chi connectivity index (χ1v) is 10.6. The van der Waals surface area contributed by atoms with E-state index in [-0.39, 0.29) is 5.91 Å². The smallest absolute Gasteiger partial charge is 0.255 e. The molecule has 1 unspecified atom stereocenters. The number of anilines is 1. The van der Waals surface area contributed by atoms with E-state index in [4.69, 9.17) is 23.2 Å². The first kappa shape index (κ1) is 22.1. The lowest BCUT2D eigenvalue weighted by atomic mass is 10.0. The molecular formula is C21H24Cl2N6O. The van der Waals surface area contributed by atoms with E-state index in [0.29, 0.717) is 33.8 Å². The Labute approximate surface area is 185 Å². The molecule has 0 aliphatic rings. The lowest BCUT2D eigenvalue weighted by Crippen LogP contribution is -2.26. The van der Waals surface area contributed by atoms with Gasteiger partial charge in [-0.3, -0.25) is 4.79 Å². The fourth-order valence-electron chi connectivity index (χ4n) is 3.06. The molecule has 0 saturated carbocycles. The Hall–Kier alpha value is -2.64. The molecule has 0 saturated heterocycles. The number of pyridine rings is 1. The summed E-state index contributed by atoms with van der Waals surface area (Å²) in [6.45, 7) is 3.61. The van der Waals surface area contributed by atoms with Crippen molar-refractivity contribution in [2.45, 2.75) is 26.2 Å². The summed E-state index contributed by atoms with van der Waals surface area (Å²) in [6.07, 6.45) is 7.64. The van der Waals surface area contributed by atoms with E-state index in [1.165, 1.54) is 4.80 Å². The normalized spacial score (nSPS) is 11.8. The average molecular weight is 447 g/mol. The minimum atomic E-state index is -0.226. The molecule has 2 heterocycles. The Morgan fingerprint density at radius 2 is 1.90 bits per heavy atom. The number of hydrogen-bond acceptors (Lipinski definition) is 5. The maximum Gasteiger partial charge on any atom is 0.255 e. The fourth-order valence-corrected chi connectivity index (χ4v) is 3.42. The Morgan fingerprint density at radius 3 is 2.63 bits per heavy atom. The van der Waals surface area contributed by atoms with E-state index in [0.717, 1.165) is 31.6 Å². The second-order valence-corrected chi connectivity index (χ2v) is 7.88. The lowest BCUT2D eigenvalue weighted by Gasteiger charge is -2.14. The van der Waals surface area contributed by atoms with E-state index in [9.17, 15) is 4.79 Å². The van der Waals surface area contributed by atoms with Crippen molar-refractivity contribution in [3.05, 3.63) is 64.5 Å². The molecule has 0 aliphatic heterocycles. The highest BCUT2D eigenvalue weighted by molar-refractivity contribution is 6.34. The van der Waals surface area contributed by atoms with Gasteiger partial charge < -0.3 is 10.6 Å². The molecule has 0 fully saturated rings. The SMILES string of the molecule is CC(CCCNC(=O)c1c(Cl)cccc1-n1nccn1)CCNc1ccc(Cl)cn1. The number of rotatable bonds is 10. The zero-order valence-electron chi connectivity index (χ0n) is 16.7. The van der Waals surface area contributed by atoms with Crippen LogP contribution in [0.2, 0.25) is 10.0 Å². The van der Waals surface area contributed by atoms with Crippen molar-refractivity contribution in [2.24, 2.45) is 5.92 Å². The summed E-state index contributed by atoms with van der Waals surface area (Å²) >= 11 is 12.1. The third-order valence-corrected chi connectivity index (χ3v) is 5.22. The van der Waals surface area contributed by atoms with Crippen LogP contribution >= 0.6 is 23.2 Å². The number of carbonyl (C=O) groups is 1. The Balaban J connectivity index is 1.41. The van der Waals surface area contributed by atoms with Gasteiger partial charge in [0, 0.05) is 19.3 Å². The van der Waals surface area contributed by atoms with Crippen molar-refractivity contribution in [3.63, 3.8) is 0 Å². The van der Waals surface area contributed by atoms with Gasteiger partial charge in [-0.15, -0.1) is 0 Å². The van der Waals surface area contributed by atoms with Crippen molar-refractivity contribution >= 4 is 34.9 Å². The van der Waals surface area contributed by atoms with Crippen LogP contribution in [0.15, 0.2) is 48.9 Å². The van der Waals surface area contributed by atoms with Gasteiger partial charge in [-0.2, -0.15) is 15.0 Å². The molecule has 2 aromatic heterocycles. The zero-order valence-corrected chi connectivity index (χ0v) is 18.2. The third-order valence-electron chi connectivity index (χ3n) is 4.68. The van der Waals surface area contributed by atoms with E-state index < -0.39 is 0 Å². The van der Waals surface area contributed by atoms with Crippen molar-refractivity contribution in [1.82, 2.24) is 25.3 Å². The van der Waals surface area contributed by atoms with E-state index in [2.05, 4.69) is 32.7 Å². The van der Waals surface area contributed by atoms with Crippen LogP contribution in [0.1, 0.15) is 36.5 Å². The molecule has 158 valence electrons. The van der Waals surface area contributed by atoms with Crippen LogP contribution in [0.5, 0.6) is 0 Å². The number of nitrogens with zero attached hydrogens (tertiary/aromatic N) is 4. The van der Waals surface area contributed by atoms with E-state index in [1.807, 2.05) is 12.1 Å². The van der Waals surface area contributed by atoms with Crippen molar-refractivity contribution in [1.29, 1.82) is 0 Å². The summed E-state index contributed by atoms with van der Waals surface area (Å²) in [5, 5.41) is 15.4. The van der Waals surface area contributed by atoms with E-state index >= 15 is 0 Å². The zero-order chi connectivity index (χ0) is 21.3. The van der Waals surface area contributed by atoms with Gasteiger partial charge in [0.25, 0.3) is 5.91 Å². The van der Waals surface area contributed by atoms with Gasteiger partial charge in [0.2, 0.25) is 0 Å². The highest BCUT2D eigenvalue weighted by atomic mass is 35.5. The van der Waals surface area contributed by atoms with Crippen LogP contribution in [0.25, 0.3) is 5.69 Å². The molecule has 3 aromatic rings. The first-order chi connectivity index (χ1) is 14.5. The molecular weight excluding hydrogens is 423 g/mol. The number of aromatic nitrogens is 4. The topological polar surface area (TPSA) is 84.7 Å². The Kier molecular flexibility index (Phi) is 8.04. The van der Waals surface area contributed by atoms with Gasteiger partial charge in [0.15, 0.2) is 0 Å². The largest absolute Gasteiger partial charge is 0.370 e. The van der Waals surface area contributed by atoms with Crippen LogP contribution in [0, 0.1) is 5.92 Å². The van der Waals surface area contributed by atoms with Crippen LogP contribution in [0.4, 0.5) is 5.82 Å². The summed E-state index contributed by atoms with van der Waals surface area (Å²) < 4.78 is 0. The molecule has 1 aromatic carbocycles. The Morgan fingerprint density at radius 1 is 1.10 bits per heavy atom. The number of halogens is 2. The monoisotopic (exact) mass is 446 g/mol. The van der Waals surface area contributed by atoms with Gasteiger partial charge in [-0.1, -0.05) is 36.2 Å². The molecule has 2 N–H and O–H groups in total. The van der Waals surface area contributed by atoms with Crippen LogP contribution in [-0.4, -0.2) is 39.0 Å². The van der Waals surface area contributed by atoms with Gasteiger partial charge >= 0.3 is 0 Å². The molecule has 1 atom stereocenters. The molecule has 0 radical (unpaired) electrons. The number of hydrogen-bond donors (Lipinski definition) is 2. The molecule has 7 nitrogen and oxygen atoms in total. The summed E-state index contributed by atoms with van der Waals surface area (Å²) in [4.78, 5) is 18.3. The van der Waals surface area contributed by atoms with E-state index in [1.54, 1.807) is 36.8 Å². The molecule has 3 rings (SSSR count). The van der Waals surface area contributed by atoms with Crippen molar-refractivity contribution < 1.29 is 4.79 Å². The molecule has 9 heteroatoms. The van der Waals surface area contributed by atoms with Crippen LogP contribution in [0.3, 0.4) is 0 Å². The summed E-state index contributed by atoms with van der Waals surface area (Å²) in [5.41, 5.74) is 0.934. The number of benzene rings is 1. The van der Waals surface area contributed by atoms with Crippen molar-refractivity contribution in [2.75, 3.05) is 18.4 Å². The highest BCUT2D eigenvalue weighted by Gasteiger charge is 2.17. The van der Waals surface area contributed by atoms with Gasteiger partial charge in [0.05, 0.1) is 33.7 Å². The number of amides is 1. The number of nitrogens with one attached hydrogen (secondary N) is 2. The second kappa shape index (κ2) is 10.9. The number of carbonyl (C=O) groups excluding carboxylic acids is 1. The van der Waals surface area contributed by atoms with Crippen LogP contribution < -0.4 is 10.6 Å². The molecule has 0 bridgehead atoms. The predicted octanol–water partition coefficient (Wildman–Crippen LogP) is 4.62. The minimum Gasteiger partial charge on any atom is -0.370 e. The molecule has 1 amide bonds. The predicted molar refractivity (Wildman–Crippen MR) is 119 cm³/mol. The quantitative estimate of drug-likeness (QED) is 0.443. The Bertz CT molecular complexity index is 947. The second-order valence-electron chi connectivity index (χ2n) is 7.03. The van der Waals surface area contributed by atoms with Crippen LogP contribution in [-0.2, 0) is 0 Å². The molecule has 0 spiro atoms. The minimum absolute atomic E-state index is 0.226. The fraction of sp³-hybridized carbons (Fsp3) is 0.333. The maximum absolute atomic E-state index is 12.7.